The average Bonchev–Trinajstić information content (AvgIpc) is 3.32. The highest BCUT2D eigenvalue weighted by atomic mass is 19.4. The van der Waals surface area contributed by atoms with Gasteiger partial charge in [0, 0.05) is 5.56 Å². The standard InChI is InChI=1S/C32H12BF24.C19H17N2O2/c34-25(35,36)13-1-14(26(37,38)39)6-21(5-13)33(22-7-15(27(40,41)42)2-16(8-22)28(43,44)45,23-9-17(29(46,47)48)3-18(10-23)30(49,50)51)24-11-19(31(52,53)54)4-20(12-24)32(55,56)57;1-15-6-5-9-17(12-15)23-19(22)18-14-21(11-10-20-18)13-16-7-3-2-4-8-16/h1-12H;2-12,14H,13H2,1H3/q-1;+1. The van der Waals surface area contributed by atoms with Crippen LogP contribution in [0, 0.1) is 6.92 Å². The molecule has 7 aromatic rings. The first-order valence-corrected chi connectivity index (χ1v) is 22.0. The predicted octanol–water partition coefficient (Wildman–Crippen LogP) is 14.2. The largest absolute Gasteiger partial charge is 0.422 e. The zero-order chi connectivity index (χ0) is 60.0. The maximum absolute atomic E-state index is 14.2. The van der Waals surface area contributed by atoms with Gasteiger partial charge >= 0.3 is 55.4 Å². The molecule has 1 heterocycles. The number of carbonyl (C=O) groups excluding carboxylic acids is 1. The lowest BCUT2D eigenvalue weighted by atomic mass is 9.12. The molecule has 0 atom stereocenters. The van der Waals surface area contributed by atoms with Crippen LogP contribution in [-0.4, -0.2) is 17.1 Å². The van der Waals surface area contributed by atoms with E-state index in [0.717, 1.165) is 11.1 Å². The Labute approximate surface area is 433 Å². The molecule has 7 rings (SSSR count). The quantitative estimate of drug-likeness (QED) is 0.0501. The second-order valence-corrected chi connectivity index (χ2v) is 17.5. The molecule has 6 aromatic carbocycles. The van der Waals surface area contributed by atoms with E-state index < -0.39 is 201 Å². The second kappa shape index (κ2) is 21.7. The van der Waals surface area contributed by atoms with E-state index in [2.05, 4.69) is 4.98 Å². The topological polar surface area (TPSA) is 43.1 Å². The fraction of sp³-hybridized carbons (Fsp3) is 0.196. The highest BCUT2D eigenvalue weighted by molar-refractivity contribution is 7.20. The number of hydrogen-bond donors (Lipinski definition) is 0. The Bertz CT molecular complexity index is 2940. The number of alkyl halides is 24. The fourth-order valence-electron chi connectivity index (χ4n) is 8.34. The van der Waals surface area contributed by atoms with Gasteiger partial charge in [-0.2, -0.15) is 132 Å². The van der Waals surface area contributed by atoms with Crippen LogP contribution in [0.5, 0.6) is 5.75 Å². The minimum absolute atomic E-state index is 0.282. The van der Waals surface area contributed by atoms with Gasteiger partial charge in [-0.1, -0.05) is 91.0 Å². The summed E-state index contributed by atoms with van der Waals surface area (Å²) in [4.78, 5) is 16.3. The Kier molecular flexibility index (Phi) is 16.7. The highest BCUT2D eigenvalue weighted by Crippen LogP contribution is 2.41. The number of aryl methyl sites for hydroxylation is 1. The van der Waals surface area contributed by atoms with Crippen LogP contribution in [-0.2, 0) is 56.0 Å². The maximum atomic E-state index is 14.2. The molecule has 0 bridgehead atoms. The van der Waals surface area contributed by atoms with Crippen molar-refractivity contribution in [3.63, 3.8) is 0 Å². The molecule has 80 heavy (non-hydrogen) atoms. The molecular formula is C51H29BF24N2O2. The molecule has 29 heteroatoms. The third-order valence-electron chi connectivity index (χ3n) is 11.8. The lowest BCUT2D eigenvalue weighted by molar-refractivity contribution is -0.689. The Morgan fingerprint density at radius 3 is 1.02 bits per heavy atom. The Morgan fingerprint density at radius 2 is 0.738 bits per heavy atom. The van der Waals surface area contributed by atoms with Gasteiger partial charge in [-0.15, -0.1) is 0 Å². The molecule has 0 amide bonds. The third-order valence-corrected chi connectivity index (χ3v) is 11.8. The summed E-state index contributed by atoms with van der Waals surface area (Å²) >= 11 is 0. The molecule has 0 aliphatic heterocycles. The van der Waals surface area contributed by atoms with Crippen molar-refractivity contribution < 1.29 is 119 Å². The van der Waals surface area contributed by atoms with Crippen molar-refractivity contribution in [2.24, 2.45) is 0 Å². The van der Waals surface area contributed by atoms with Gasteiger partial charge in [-0.05, 0) is 48.9 Å². The molecule has 0 aliphatic rings. The van der Waals surface area contributed by atoms with Gasteiger partial charge in [-0.25, -0.2) is 9.78 Å². The number of aromatic nitrogens is 2. The highest BCUT2D eigenvalue weighted by Gasteiger charge is 2.47. The summed E-state index contributed by atoms with van der Waals surface area (Å²) in [5.74, 6) is 0.0632. The number of ether oxygens (including phenoxy) is 1. The molecule has 426 valence electrons. The molecule has 0 N–H and O–H groups in total. The lowest BCUT2D eigenvalue weighted by Gasteiger charge is -2.46. The van der Waals surface area contributed by atoms with Crippen LogP contribution in [0.25, 0.3) is 0 Å². The van der Waals surface area contributed by atoms with E-state index in [-0.39, 0.29) is 5.69 Å². The normalized spacial score (nSPS) is 13.2. The number of carbonyl (C=O) groups is 1. The first-order chi connectivity index (χ1) is 36.5. The summed E-state index contributed by atoms with van der Waals surface area (Å²) in [5.41, 5.74) is -27.7. The van der Waals surface area contributed by atoms with Gasteiger partial charge < -0.3 is 4.74 Å². The van der Waals surface area contributed by atoms with Crippen molar-refractivity contribution in [3.05, 3.63) is 207 Å². The van der Waals surface area contributed by atoms with Crippen molar-refractivity contribution in [1.29, 1.82) is 0 Å². The summed E-state index contributed by atoms with van der Waals surface area (Å²) in [6.45, 7) is 2.63. The van der Waals surface area contributed by atoms with Crippen LogP contribution in [0.2, 0.25) is 0 Å². The van der Waals surface area contributed by atoms with E-state index in [1.54, 1.807) is 18.5 Å². The molecule has 0 radical (unpaired) electrons. The molecule has 0 fully saturated rings. The SMILES string of the molecule is Cc1cccc(OC(=O)c2c[n+](Cc3ccccc3)ccn2)c1.FC(F)(F)c1cc([B-](c2cc(C(F)(F)F)cc(C(F)(F)F)c2)(c2cc(C(F)(F)F)cc(C(F)(F)F)c2)c2cc(C(F)(F)F)cc(C(F)(F)F)c2)cc(C(F)(F)F)c1. The fourth-order valence-corrected chi connectivity index (χ4v) is 8.34. The first-order valence-electron chi connectivity index (χ1n) is 22.0. The lowest BCUT2D eigenvalue weighted by Crippen LogP contribution is -2.75. The smallest absolute Gasteiger partial charge is 0.416 e. The van der Waals surface area contributed by atoms with Crippen molar-refractivity contribution >= 4 is 34.0 Å². The summed E-state index contributed by atoms with van der Waals surface area (Å²) in [6, 6.07) is 8.60. The Morgan fingerprint density at radius 1 is 0.425 bits per heavy atom. The monoisotopic (exact) mass is 1170 g/mol. The van der Waals surface area contributed by atoms with Crippen LogP contribution < -0.4 is 31.2 Å². The van der Waals surface area contributed by atoms with Gasteiger partial charge in [0.1, 0.15) is 11.9 Å². The summed E-state index contributed by atoms with van der Waals surface area (Å²) in [7, 11) is 0. The van der Waals surface area contributed by atoms with Gasteiger partial charge in [-0.3, -0.25) is 0 Å². The van der Waals surface area contributed by atoms with E-state index in [0.29, 0.717) is 12.3 Å². The molecule has 0 saturated carbocycles. The van der Waals surface area contributed by atoms with Gasteiger partial charge in [0.25, 0.3) is 0 Å². The number of esters is 1. The number of halogens is 24. The van der Waals surface area contributed by atoms with Crippen LogP contribution in [0.3, 0.4) is 0 Å². The van der Waals surface area contributed by atoms with E-state index in [4.69, 9.17) is 4.74 Å². The second-order valence-electron chi connectivity index (χ2n) is 17.5. The van der Waals surface area contributed by atoms with Crippen LogP contribution >= 0.6 is 0 Å². The van der Waals surface area contributed by atoms with Crippen LogP contribution in [0.1, 0.15) is 66.1 Å². The number of benzene rings is 6. The summed E-state index contributed by atoms with van der Waals surface area (Å²) < 4.78 is 348. The zero-order valence-corrected chi connectivity index (χ0v) is 39.4. The Balaban J connectivity index is 0.000000370. The van der Waals surface area contributed by atoms with Gasteiger partial charge in [0.05, 0.1) is 50.7 Å². The number of rotatable bonds is 8. The van der Waals surface area contributed by atoms with E-state index in [9.17, 15) is 110 Å². The van der Waals surface area contributed by atoms with Crippen molar-refractivity contribution in [2.75, 3.05) is 0 Å². The number of nitrogens with zero attached hydrogens (tertiary/aromatic N) is 2. The average molecular weight is 1170 g/mol. The minimum atomic E-state index is -6.13. The van der Waals surface area contributed by atoms with E-state index in [1.807, 2.05) is 66.2 Å². The number of hydrogen-bond acceptors (Lipinski definition) is 3. The van der Waals surface area contributed by atoms with Crippen molar-refractivity contribution in [1.82, 2.24) is 4.98 Å². The molecular weight excluding hydrogens is 1140 g/mol. The summed E-state index contributed by atoms with van der Waals surface area (Å²) in [5, 5.41) is 0. The van der Waals surface area contributed by atoms with Crippen LogP contribution in [0.4, 0.5) is 105 Å². The molecule has 0 unspecified atom stereocenters. The molecule has 4 nitrogen and oxygen atoms in total. The van der Waals surface area contributed by atoms with E-state index in [1.165, 1.54) is 0 Å². The molecule has 1 aromatic heterocycles. The van der Waals surface area contributed by atoms with E-state index >= 15 is 0 Å². The molecule has 0 aliphatic carbocycles. The predicted molar refractivity (Wildman–Crippen MR) is 236 cm³/mol. The van der Waals surface area contributed by atoms with Gasteiger partial charge in [0.15, 0.2) is 12.7 Å². The Hall–Kier alpha value is -7.75. The van der Waals surface area contributed by atoms with Crippen LogP contribution in [0.15, 0.2) is 146 Å². The minimum Gasteiger partial charge on any atom is -0.422 e. The molecule has 0 spiro atoms. The van der Waals surface area contributed by atoms with Crippen molar-refractivity contribution in [3.8, 4) is 5.75 Å². The third kappa shape index (κ3) is 14.5. The first kappa shape index (κ1) is 61.5. The van der Waals surface area contributed by atoms with Gasteiger partial charge in [0.2, 0.25) is 11.9 Å². The molecule has 0 saturated heterocycles. The zero-order valence-electron chi connectivity index (χ0n) is 39.4. The maximum Gasteiger partial charge on any atom is 0.416 e. The van der Waals surface area contributed by atoms with Crippen molar-refractivity contribution in [2.45, 2.75) is 62.9 Å². The summed E-state index contributed by atoms with van der Waals surface area (Å²) in [6.07, 6.45) is -49.7.